The highest BCUT2D eigenvalue weighted by molar-refractivity contribution is 7.21. The molecule has 2 fully saturated rings. The zero-order valence-corrected chi connectivity index (χ0v) is 17.1. The molecule has 3 N–H and O–H groups in total. The Kier molecular flexibility index (Phi) is 5.30. The van der Waals surface area contributed by atoms with Crippen molar-refractivity contribution in [3.8, 4) is 10.6 Å². The number of hydrogen-bond donors (Lipinski definition) is 3. The lowest BCUT2D eigenvalue weighted by Crippen LogP contribution is -2.39. The summed E-state index contributed by atoms with van der Waals surface area (Å²) in [6.45, 7) is 3.34. The Morgan fingerprint density at radius 3 is 2.79 bits per heavy atom. The summed E-state index contributed by atoms with van der Waals surface area (Å²) >= 11 is 1.54. The molecule has 3 aromatic rings. The molecule has 2 aliphatic heterocycles. The molecule has 29 heavy (non-hydrogen) atoms. The number of fused-ring (bicyclic) bond motifs is 1. The number of rotatable bonds is 4. The van der Waals surface area contributed by atoms with Gasteiger partial charge in [-0.3, -0.25) is 4.79 Å². The summed E-state index contributed by atoms with van der Waals surface area (Å²) in [6.07, 6.45) is 3.94. The van der Waals surface area contributed by atoms with Crippen molar-refractivity contribution in [3.05, 3.63) is 40.4 Å². The Balaban J connectivity index is 1.58. The normalized spacial score (nSPS) is 20.8. The number of aromatic amines is 1. The van der Waals surface area contributed by atoms with Gasteiger partial charge in [0.15, 0.2) is 0 Å². The summed E-state index contributed by atoms with van der Waals surface area (Å²) in [4.78, 5) is 25.9. The van der Waals surface area contributed by atoms with Crippen LogP contribution in [0.4, 0.5) is 5.82 Å². The molecule has 2 saturated heterocycles. The van der Waals surface area contributed by atoms with Crippen molar-refractivity contribution in [1.82, 2.24) is 20.3 Å². The van der Waals surface area contributed by atoms with E-state index in [-0.39, 0.29) is 17.5 Å². The highest BCUT2D eigenvalue weighted by Gasteiger charge is 2.25. The lowest BCUT2D eigenvalue weighted by Gasteiger charge is -2.26. The van der Waals surface area contributed by atoms with Crippen LogP contribution in [0, 0.1) is 0 Å². The molecule has 5 rings (SSSR count). The van der Waals surface area contributed by atoms with Crippen molar-refractivity contribution in [2.45, 2.75) is 37.6 Å². The number of anilines is 1. The number of nitrogens with one attached hydrogen (secondary N) is 3. The van der Waals surface area contributed by atoms with Gasteiger partial charge in [0.2, 0.25) is 0 Å². The number of piperidine rings is 1. The van der Waals surface area contributed by atoms with Crippen LogP contribution in [0.25, 0.3) is 20.8 Å². The number of ether oxygens (including phenoxy) is 1. The zero-order valence-electron chi connectivity index (χ0n) is 16.2. The SMILES string of the molecule is O=c1[nH]c(C2CCOCC2)nc(NC2CCCNC2)c1-c1nc2ccccc2s1. The smallest absolute Gasteiger partial charge is 0.263 e. The Morgan fingerprint density at radius 2 is 2.00 bits per heavy atom. The average molecular weight is 412 g/mol. The average Bonchev–Trinajstić information content (AvgIpc) is 3.18. The summed E-state index contributed by atoms with van der Waals surface area (Å²) in [5.41, 5.74) is 1.34. The molecule has 7 nitrogen and oxygen atoms in total. The zero-order chi connectivity index (χ0) is 19.6. The minimum Gasteiger partial charge on any atom is -0.381 e. The Hall–Kier alpha value is -2.29. The van der Waals surface area contributed by atoms with Gasteiger partial charge in [-0.15, -0.1) is 11.3 Å². The van der Waals surface area contributed by atoms with Gasteiger partial charge in [-0.1, -0.05) is 12.1 Å². The van der Waals surface area contributed by atoms with Crippen molar-refractivity contribution in [1.29, 1.82) is 0 Å². The summed E-state index contributed by atoms with van der Waals surface area (Å²) in [6, 6.07) is 8.23. The molecule has 1 atom stereocenters. The molecular formula is C21H25N5O2S. The second kappa shape index (κ2) is 8.22. The number of thiazole rings is 1. The second-order valence-electron chi connectivity index (χ2n) is 7.74. The van der Waals surface area contributed by atoms with Crippen molar-refractivity contribution in [3.63, 3.8) is 0 Å². The Labute approximate surface area is 172 Å². The highest BCUT2D eigenvalue weighted by Crippen LogP contribution is 2.33. The molecule has 2 aliphatic rings. The van der Waals surface area contributed by atoms with E-state index < -0.39 is 0 Å². The molecule has 0 saturated carbocycles. The lowest BCUT2D eigenvalue weighted by atomic mass is 9.99. The van der Waals surface area contributed by atoms with Crippen LogP contribution in [0.1, 0.15) is 37.4 Å². The van der Waals surface area contributed by atoms with Crippen molar-refractivity contribution < 1.29 is 4.74 Å². The molecule has 1 unspecified atom stereocenters. The summed E-state index contributed by atoms with van der Waals surface area (Å²) in [5.74, 6) is 1.64. The molecule has 2 aromatic heterocycles. The van der Waals surface area contributed by atoms with Gasteiger partial charge in [-0.2, -0.15) is 0 Å². The van der Waals surface area contributed by atoms with Crippen LogP contribution >= 0.6 is 11.3 Å². The first-order valence-corrected chi connectivity index (χ1v) is 11.1. The molecule has 8 heteroatoms. The maximum atomic E-state index is 13.2. The maximum absolute atomic E-state index is 13.2. The first-order valence-electron chi connectivity index (χ1n) is 10.3. The summed E-state index contributed by atoms with van der Waals surface area (Å²) in [7, 11) is 0. The van der Waals surface area contributed by atoms with Gasteiger partial charge < -0.3 is 20.4 Å². The minimum atomic E-state index is -0.119. The molecule has 0 radical (unpaired) electrons. The number of nitrogens with zero attached hydrogens (tertiary/aromatic N) is 2. The van der Waals surface area contributed by atoms with E-state index in [0.29, 0.717) is 29.6 Å². The van der Waals surface area contributed by atoms with Crippen LogP contribution in [-0.2, 0) is 4.74 Å². The van der Waals surface area contributed by atoms with Gasteiger partial charge in [0.25, 0.3) is 5.56 Å². The molecule has 0 bridgehead atoms. The molecular weight excluding hydrogens is 386 g/mol. The number of benzene rings is 1. The van der Waals surface area contributed by atoms with Gasteiger partial charge in [0, 0.05) is 31.7 Å². The monoisotopic (exact) mass is 411 g/mol. The standard InChI is InChI=1S/C21H25N5O2S/c27-20-17(21-24-15-5-1-2-6-16(15)29-21)19(23-14-4-3-9-22-12-14)25-18(26-20)13-7-10-28-11-8-13/h1-2,5-6,13-14,22H,3-4,7-12H2,(H2,23,25,26,27). The molecule has 1 aromatic carbocycles. The van der Waals surface area contributed by atoms with Gasteiger partial charge in [0.1, 0.15) is 22.2 Å². The van der Waals surface area contributed by atoms with Crippen molar-refractivity contribution in [2.75, 3.05) is 31.6 Å². The van der Waals surface area contributed by atoms with Gasteiger partial charge >= 0.3 is 0 Å². The molecule has 0 aliphatic carbocycles. The van der Waals surface area contributed by atoms with E-state index in [2.05, 4.69) is 15.6 Å². The molecule has 152 valence electrons. The van der Waals surface area contributed by atoms with Crippen molar-refractivity contribution >= 4 is 27.4 Å². The van der Waals surface area contributed by atoms with Crippen LogP contribution in [-0.4, -0.2) is 47.3 Å². The number of aromatic nitrogens is 3. The number of H-pyrrole nitrogens is 1. The Morgan fingerprint density at radius 1 is 1.14 bits per heavy atom. The fourth-order valence-electron chi connectivity index (χ4n) is 4.11. The van der Waals surface area contributed by atoms with E-state index in [0.717, 1.165) is 54.8 Å². The highest BCUT2D eigenvalue weighted by atomic mass is 32.1. The molecule has 4 heterocycles. The van der Waals surface area contributed by atoms with Crippen LogP contribution < -0.4 is 16.2 Å². The number of para-hydroxylation sites is 1. The molecule has 0 amide bonds. The maximum Gasteiger partial charge on any atom is 0.263 e. The van der Waals surface area contributed by atoms with Gasteiger partial charge in [-0.25, -0.2) is 9.97 Å². The summed E-state index contributed by atoms with van der Waals surface area (Å²) in [5, 5.41) is 7.69. The van der Waals surface area contributed by atoms with E-state index in [1.54, 1.807) is 0 Å². The van der Waals surface area contributed by atoms with Crippen molar-refractivity contribution in [2.24, 2.45) is 0 Å². The van der Waals surface area contributed by atoms with Crippen LogP contribution in [0.2, 0.25) is 0 Å². The van der Waals surface area contributed by atoms with E-state index in [4.69, 9.17) is 14.7 Å². The first kappa shape index (κ1) is 18.7. The quantitative estimate of drug-likeness (QED) is 0.611. The second-order valence-corrected chi connectivity index (χ2v) is 8.77. The Bertz CT molecular complexity index is 1020. The third-order valence-corrected chi connectivity index (χ3v) is 6.75. The predicted octanol–water partition coefficient (Wildman–Crippen LogP) is 3.10. The fourth-order valence-corrected chi connectivity index (χ4v) is 5.11. The lowest BCUT2D eigenvalue weighted by molar-refractivity contribution is 0.0835. The van der Waals surface area contributed by atoms with Crippen LogP contribution in [0.3, 0.4) is 0 Å². The van der Waals surface area contributed by atoms with E-state index in [1.807, 2.05) is 24.3 Å². The number of hydrogen-bond acceptors (Lipinski definition) is 7. The largest absolute Gasteiger partial charge is 0.381 e. The summed E-state index contributed by atoms with van der Waals surface area (Å²) < 4.78 is 6.55. The van der Waals surface area contributed by atoms with E-state index in [9.17, 15) is 4.79 Å². The van der Waals surface area contributed by atoms with Gasteiger partial charge in [0.05, 0.1) is 10.2 Å². The molecule has 0 spiro atoms. The fraction of sp³-hybridized carbons (Fsp3) is 0.476. The van der Waals surface area contributed by atoms with Gasteiger partial charge in [-0.05, 0) is 44.4 Å². The minimum absolute atomic E-state index is 0.119. The third-order valence-electron chi connectivity index (χ3n) is 5.69. The van der Waals surface area contributed by atoms with E-state index >= 15 is 0 Å². The third kappa shape index (κ3) is 3.92. The first-order chi connectivity index (χ1) is 14.3. The topological polar surface area (TPSA) is 91.9 Å². The van der Waals surface area contributed by atoms with E-state index in [1.165, 1.54) is 11.3 Å². The predicted molar refractivity (Wildman–Crippen MR) is 116 cm³/mol. The van der Waals surface area contributed by atoms with Crippen LogP contribution in [0.5, 0.6) is 0 Å². The van der Waals surface area contributed by atoms with Crippen LogP contribution in [0.15, 0.2) is 29.1 Å².